The molecular formula is C15H18N2O4. The highest BCUT2D eigenvalue weighted by Crippen LogP contribution is 2.12. The maximum atomic E-state index is 11.9. The minimum atomic E-state index is -0.920. The molecule has 112 valence electrons. The number of rotatable bonds is 4. The summed E-state index contributed by atoms with van der Waals surface area (Å²) in [5.74, 6) is -1.15. The minimum absolute atomic E-state index is 0.172. The third-order valence-electron chi connectivity index (χ3n) is 3.26. The lowest BCUT2D eigenvalue weighted by Gasteiger charge is -2.16. The van der Waals surface area contributed by atoms with Gasteiger partial charge in [-0.1, -0.05) is 17.7 Å². The molecular weight excluding hydrogens is 272 g/mol. The molecule has 6 heteroatoms. The second-order valence-electron chi connectivity index (χ2n) is 5.09. The molecule has 6 nitrogen and oxygen atoms in total. The molecule has 2 rings (SSSR count). The fourth-order valence-corrected chi connectivity index (χ4v) is 1.98. The standard InChI is InChI=1S/C15H18N2O4/c1-9-3-5-11(6-4-9)16-14(19)10(2)21-15(20)12-7-8-13(18)17-12/h3-6,10,12H,7-8H2,1-2H3,(H,16,19)(H,17,18)/t10-,12+/m1/s1. The molecule has 1 aliphatic rings. The van der Waals surface area contributed by atoms with Gasteiger partial charge in [0.1, 0.15) is 6.04 Å². The van der Waals surface area contributed by atoms with Crippen LogP contribution in [0.5, 0.6) is 0 Å². The van der Waals surface area contributed by atoms with Gasteiger partial charge in [0, 0.05) is 12.1 Å². The summed E-state index contributed by atoms with van der Waals surface area (Å²) in [6.45, 7) is 3.45. The number of anilines is 1. The van der Waals surface area contributed by atoms with E-state index in [2.05, 4.69) is 10.6 Å². The normalized spacial score (nSPS) is 18.8. The van der Waals surface area contributed by atoms with Gasteiger partial charge in [0.15, 0.2) is 6.10 Å². The Bertz CT molecular complexity index is 553. The van der Waals surface area contributed by atoms with Gasteiger partial charge < -0.3 is 15.4 Å². The third kappa shape index (κ3) is 4.05. The van der Waals surface area contributed by atoms with Crippen LogP contribution in [-0.2, 0) is 19.1 Å². The van der Waals surface area contributed by atoms with Crippen molar-refractivity contribution in [2.75, 3.05) is 5.32 Å². The van der Waals surface area contributed by atoms with Crippen molar-refractivity contribution < 1.29 is 19.1 Å². The van der Waals surface area contributed by atoms with Crippen LogP contribution in [0.3, 0.4) is 0 Å². The van der Waals surface area contributed by atoms with E-state index in [4.69, 9.17) is 4.74 Å². The summed E-state index contributed by atoms with van der Waals surface area (Å²) in [4.78, 5) is 34.8. The summed E-state index contributed by atoms with van der Waals surface area (Å²) < 4.78 is 5.07. The van der Waals surface area contributed by atoms with E-state index in [1.54, 1.807) is 12.1 Å². The van der Waals surface area contributed by atoms with Crippen molar-refractivity contribution in [3.63, 3.8) is 0 Å². The summed E-state index contributed by atoms with van der Waals surface area (Å²) in [5.41, 5.74) is 1.73. The SMILES string of the molecule is Cc1ccc(NC(=O)[C@@H](C)OC(=O)[C@@H]2CCC(=O)N2)cc1. The number of carbonyl (C=O) groups excluding carboxylic acids is 3. The molecule has 1 aromatic rings. The van der Waals surface area contributed by atoms with Crippen molar-refractivity contribution in [3.05, 3.63) is 29.8 Å². The van der Waals surface area contributed by atoms with E-state index in [1.807, 2.05) is 19.1 Å². The molecule has 2 N–H and O–H groups in total. The van der Waals surface area contributed by atoms with Crippen LogP contribution in [0.15, 0.2) is 24.3 Å². The van der Waals surface area contributed by atoms with Crippen LogP contribution in [0.1, 0.15) is 25.3 Å². The number of benzene rings is 1. The molecule has 0 aliphatic carbocycles. The Hall–Kier alpha value is -2.37. The molecule has 1 saturated heterocycles. The molecule has 0 spiro atoms. The lowest BCUT2D eigenvalue weighted by Crippen LogP contribution is -2.39. The first-order valence-corrected chi connectivity index (χ1v) is 6.83. The first-order chi connectivity index (χ1) is 9.95. The van der Waals surface area contributed by atoms with Crippen molar-refractivity contribution in [3.8, 4) is 0 Å². The predicted molar refractivity (Wildman–Crippen MR) is 76.5 cm³/mol. The van der Waals surface area contributed by atoms with E-state index >= 15 is 0 Å². The maximum Gasteiger partial charge on any atom is 0.329 e. The van der Waals surface area contributed by atoms with E-state index in [0.29, 0.717) is 18.5 Å². The van der Waals surface area contributed by atoms with Crippen molar-refractivity contribution in [2.45, 2.75) is 38.8 Å². The highest BCUT2D eigenvalue weighted by molar-refractivity contribution is 5.96. The summed E-state index contributed by atoms with van der Waals surface area (Å²) in [5, 5.41) is 5.18. The van der Waals surface area contributed by atoms with Gasteiger partial charge in [-0.15, -0.1) is 0 Å². The zero-order valence-electron chi connectivity index (χ0n) is 12.0. The highest BCUT2D eigenvalue weighted by atomic mass is 16.5. The Kier molecular flexibility index (Phi) is 4.57. The third-order valence-corrected chi connectivity index (χ3v) is 3.26. The van der Waals surface area contributed by atoms with Gasteiger partial charge in [0.05, 0.1) is 0 Å². The average molecular weight is 290 g/mol. The number of amides is 2. The molecule has 0 aromatic heterocycles. The Labute approximate surface area is 122 Å². The van der Waals surface area contributed by atoms with E-state index in [-0.39, 0.29) is 5.91 Å². The van der Waals surface area contributed by atoms with Gasteiger partial charge in [0.2, 0.25) is 5.91 Å². The number of hydrogen-bond acceptors (Lipinski definition) is 4. The summed E-state index contributed by atoms with van der Waals surface area (Å²) in [6.07, 6.45) is -0.204. The number of carbonyl (C=O) groups is 3. The molecule has 0 unspecified atom stereocenters. The quantitative estimate of drug-likeness (QED) is 0.815. The number of aryl methyl sites for hydroxylation is 1. The van der Waals surface area contributed by atoms with E-state index in [1.165, 1.54) is 6.92 Å². The summed E-state index contributed by atoms with van der Waals surface area (Å²) in [6, 6.07) is 6.66. The second kappa shape index (κ2) is 6.39. The van der Waals surface area contributed by atoms with E-state index in [9.17, 15) is 14.4 Å². The Morgan fingerprint density at radius 3 is 2.57 bits per heavy atom. The Balaban J connectivity index is 1.86. The predicted octanol–water partition coefficient (Wildman–Crippen LogP) is 1.14. The van der Waals surface area contributed by atoms with Crippen LogP contribution in [0.4, 0.5) is 5.69 Å². The first kappa shape index (κ1) is 15.0. The fraction of sp³-hybridized carbons (Fsp3) is 0.400. The summed E-state index contributed by atoms with van der Waals surface area (Å²) in [7, 11) is 0. The smallest absolute Gasteiger partial charge is 0.329 e. The monoisotopic (exact) mass is 290 g/mol. The zero-order valence-corrected chi connectivity index (χ0v) is 12.0. The number of ether oxygens (including phenoxy) is 1. The van der Waals surface area contributed by atoms with Gasteiger partial charge >= 0.3 is 5.97 Å². The van der Waals surface area contributed by atoms with Gasteiger partial charge in [-0.2, -0.15) is 0 Å². The maximum absolute atomic E-state index is 11.9. The van der Waals surface area contributed by atoms with Gasteiger partial charge in [-0.25, -0.2) is 4.79 Å². The molecule has 0 radical (unpaired) electrons. The van der Waals surface area contributed by atoms with Gasteiger partial charge in [-0.3, -0.25) is 9.59 Å². The Morgan fingerprint density at radius 2 is 2.00 bits per heavy atom. The van der Waals surface area contributed by atoms with E-state index < -0.39 is 24.0 Å². The minimum Gasteiger partial charge on any atom is -0.451 e. The molecule has 21 heavy (non-hydrogen) atoms. The lowest BCUT2D eigenvalue weighted by molar-refractivity contribution is -0.155. The van der Waals surface area contributed by atoms with Crippen molar-refractivity contribution in [1.29, 1.82) is 0 Å². The lowest BCUT2D eigenvalue weighted by atomic mass is 10.2. The van der Waals surface area contributed by atoms with Crippen LogP contribution in [0.2, 0.25) is 0 Å². The molecule has 0 saturated carbocycles. The van der Waals surface area contributed by atoms with Crippen LogP contribution in [-0.4, -0.2) is 29.9 Å². The molecule has 0 bridgehead atoms. The largest absolute Gasteiger partial charge is 0.451 e. The fourth-order valence-electron chi connectivity index (χ4n) is 1.98. The number of hydrogen-bond donors (Lipinski definition) is 2. The van der Waals surface area contributed by atoms with Crippen molar-refractivity contribution in [1.82, 2.24) is 5.32 Å². The van der Waals surface area contributed by atoms with Crippen molar-refractivity contribution >= 4 is 23.5 Å². The van der Waals surface area contributed by atoms with E-state index in [0.717, 1.165) is 5.56 Å². The van der Waals surface area contributed by atoms with Crippen LogP contribution < -0.4 is 10.6 Å². The summed E-state index contributed by atoms with van der Waals surface area (Å²) >= 11 is 0. The molecule has 2 atom stereocenters. The molecule has 1 fully saturated rings. The topological polar surface area (TPSA) is 84.5 Å². The highest BCUT2D eigenvalue weighted by Gasteiger charge is 2.30. The molecule has 1 aromatic carbocycles. The zero-order chi connectivity index (χ0) is 15.4. The van der Waals surface area contributed by atoms with Crippen LogP contribution in [0, 0.1) is 6.92 Å². The van der Waals surface area contributed by atoms with Gasteiger partial charge in [-0.05, 0) is 32.4 Å². The van der Waals surface area contributed by atoms with Crippen molar-refractivity contribution in [2.24, 2.45) is 0 Å². The number of esters is 1. The van der Waals surface area contributed by atoms with Gasteiger partial charge in [0.25, 0.3) is 5.91 Å². The van der Waals surface area contributed by atoms with Crippen LogP contribution >= 0.6 is 0 Å². The molecule has 1 aliphatic heterocycles. The molecule has 1 heterocycles. The van der Waals surface area contributed by atoms with Crippen LogP contribution in [0.25, 0.3) is 0 Å². The molecule has 2 amide bonds. The first-order valence-electron chi connectivity index (χ1n) is 6.83. The number of nitrogens with one attached hydrogen (secondary N) is 2. The Morgan fingerprint density at radius 1 is 1.33 bits per heavy atom. The average Bonchev–Trinajstić information content (AvgIpc) is 2.88. The second-order valence-corrected chi connectivity index (χ2v) is 5.09.